The Kier molecular flexibility index (Phi) is 5.73. The van der Waals surface area contributed by atoms with Crippen LogP contribution in [0, 0.1) is 5.82 Å². The zero-order chi connectivity index (χ0) is 23.0. The highest BCUT2D eigenvalue weighted by Crippen LogP contribution is 2.27. The predicted octanol–water partition coefficient (Wildman–Crippen LogP) is 4.19. The van der Waals surface area contributed by atoms with Gasteiger partial charge < -0.3 is 14.9 Å². The Morgan fingerprint density at radius 1 is 1.00 bits per heavy atom. The standard InChI is InChI=1S/C22H14Cl2FN3O4/c23-17-10-28(32)11-18(24)20(17)26-22(31)21(30)16-9-27(8-12-1-3-13(25)4-2-12)19-6-5-14(29)7-15(16)19/h1-7,9-11,29,32H,8H2. The van der Waals surface area contributed by atoms with Gasteiger partial charge >= 0.3 is 5.91 Å². The zero-order valence-corrected chi connectivity index (χ0v) is 17.7. The summed E-state index contributed by atoms with van der Waals surface area (Å²) in [7, 11) is 0. The smallest absolute Gasteiger partial charge is 0.318 e. The number of phenols is 1. The molecule has 2 N–H and O–H groups in total. The van der Waals surface area contributed by atoms with Crippen molar-refractivity contribution in [1.82, 2.24) is 9.30 Å². The molecule has 162 valence electrons. The van der Waals surface area contributed by atoms with Gasteiger partial charge in [0.1, 0.15) is 16.9 Å². The average molecular weight is 474 g/mol. The fraction of sp³-hybridized carbons (Fsp3) is 0.0455. The van der Waals surface area contributed by atoms with Crippen molar-refractivity contribution in [2.75, 3.05) is 0 Å². The summed E-state index contributed by atoms with van der Waals surface area (Å²) < 4.78 is 15.5. The monoisotopic (exact) mass is 473 g/mol. The Morgan fingerprint density at radius 3 is 2.31 bits per heavy atom. The summed E-state index contributed by atoms with van der Waals surface area (Å²) in [4.78, 5) is 29.3. The summed E-state index contributed by atoms with van der Waals surface area (Å²) in [5.74, 6) is -2.53. The normalized spacial score (nSPS) is 11.0. The molecule has 0 bridgehead atoms. The van der Waals surface area contributed by atoms with Crippen LogP contribution in [0.15, 0.2) is 66.0 Å². The summed E-state index contributed by atoms with van der Waals surface area (Å²) in [5.41, 5.74) is 1.37. The number of pyridine rings is 1. The van der Waals surface area contributed by atoms with E-state index in [9.17, 15) is 24.3 Å². The van der Waals surface area contributed by atoms with Crippen LogP contribution in [0.5, 0.6) is 5.75 Å². The minimum absolute atomic E-state index is 0.0205. The van der Waals surface area contributed by atoms with Crippen molar-refractivity contribution < 1.29 is 24.3 Å². The fourth-order valence-electron chi connectivity index (χ4n) is 3.26. The number of carbonyl (C=O) groups excluding carboxylic acids is 2. The van der Waals surface area contributed by atoms with Crippen molar-refractivity contribution >= 4 is 45.8 Å². The van der Waals surface area contributed by atoms with Crippen LogP contribution in [0.2, 0.25) is 10.0 Å². The molecule has 0 radical (unpaired) electrons. The number of rotatable bonds is 4. The molecule has 0 aliphatic heterocycles. The molecule has 2 aromatic carbocycles. The summed E-state index contributed by atoms with van der Waals surface area (Å²) in [6.07, 6.45) is 3.60. The van der Waals surface area contributed by atoms with Crippen LogP contribution in [0.4, 0.5) is 4.39 Å². The highest BCUT2D eigenvalue weighted by molar-refractivity contribution is 6.45. The number of aromatic nitrogens is 2. The van der Waals surface area contributed by atoms with Gasteiger partial charge in [-0.05, 0) is 35.9 Å². The molecule has 32 heavy (non-hydrogen) atoms. The maximum atomic E-state index is 13.2. The van der Waals surface area contributed by atoms with Crippen LogP contribution in [-0.2, 0) is 11.3 Å². The van der Waals surface area contributed by atoms with E-state index in [0.29, 0.717) is 22.2 Å². The van der Waals surface area contributed by atoms with Crippen molar-refractivity contribution in [3.8, 4) is 5.75 Å². The first kappa shape index (κ1) is 21.6. The molecule has 0 aliphatic rings. The van der Waals surface area contributed by atoms with Crippen molar-refractivity contribution in [2.45, 2.75) is 6.54 Å². The maximum absolute atomic E-state index is 13.2. The van der Waals surface area contributed by atoms with Crippen LogP contribution in [0.3, 0.4) is 0 Å². The lowest BCUT2D eigenvalue weighted by atomic mass is 10.1. The first-order chi connectivity index (χ1) is 15.2. The van der Waals surface area contributed by atoms with Gasteiger partial charge in [0, 0.05) is 23.6 Å². The number of halogens is 3. The van der Waals surface area contributed by atoms with Gasteiger partial charge in [0.25, 0.3) is 5.78 Å². The number of nitrogens with zero attached hydrogens (tertiary/aromatic N) is 3. The molecule has 0 aliphatic carbocycles. The van der Waals surface area contributed by atoms with Gasteiger partial charge in [-0.15, -0.1) is 0 Å². The Labute approximate surface area is 190 Å². The highest BCUT2D eigenvalue weighted by Gasteiger charge is 2.22. The van der Waals surface area contributed by atoms with E-state index >= 15 is 0 Å². The number of Topliss-reactive ketones (excluding diaryl/α,β-unsaturated/α-hetero) is 1. The number of hydrogen-bond acceptors (Lipinski definition) is 4. The summed E-state index contributed by atoms with van der Waals surface area (Å²) in [6, 6.07) is 10.3. The first-order valence-corrected chi connectivity index (χ1v) is 9.95. The first-order valence-electron chi connectivity index (χ1n) is 9.19. The molecule has 2 aromatic heterocycles. The van der Waals surface area contributed by atoms with Gasteiger partial charge in [-0.25, -0.2) is 9.38 Å². The molecule has 0 saturated heterocycles. The molecule has 2 heterocycles. The van der Waals surface area contributed by atoms with Crippen molar-refractivity contribution in [3.63, 3.8) is 0 Å². The number of aromatic hydroxyl groups is 1. The lowest BCUT2D eigenvalue weighted by Crippen LogP contribution is -2.18. The van der Waals surface area contributed by atoms with Gasteiger partial charge in [-0.1, -0.05) is 35.3 Å². The Hall–Kier alpha value is -3.62. The van der Waals surface area contributed by atoms with E-state index in [0.717, 1.165) is 18.0 Å². The van der Waals surface area contributed by atoms with Gasteiger partial charge in [0.15, 0.2) is 0 Å². The van der Waals surface area contributed by atoms with Crippen molar-refractivity contribution in [2.24, 2.45) is 4.99 Å². The van der Waals surface area contributed by atoms with Gasteiger partial charge in [-0.3, -0.25) is 9.59 Å². The number of hydrogen-bond donors (Lipinski definition) is 2. The Morgan fingerprint density at radius 2 is 1.66 bits per heavy atom. The predicted molar refractivity (Wildman–Crippen MR) is 116 cm³/mol. The van der Waals surface area contributed by atoms with Crippen LogP contribution in [0.25, 0.3) is 10.9 Å². The molecule has 0 saturated carbocycles. The zero-order valence-electron chi connectivity index (χ0n) is 16.2. The van der Waals surface area contributed by atoms with E-state index in [1.807, 2.05) is 0 Å². The number of ketones is 1. The summed E-state index contributed by atoms with van der Waals surface area (Å²) >= 11 is 11.9. The molecule has 10 heteroatoms. The Bertz CT molecular complexity index is 1420. The van der Waals surface area contributed by atoms with Crippen LogP contribution in [-0.4, -0.2) is 31.3 Å². The second kappa shape index (κ2) is 8.49. The molecule has 0 fully saturated rings. The number of benzene rings is 2. The van der Waals surface area contributed by atoms with Crippen molar-refractivity contribution in [3.05, 3.63) is 93.4 Å². The van der Waals surface area contributed by atoms with Gasteiger partial charge in [0.2, 0.25) is 0 Å². The molecule has 7 nitrogen and oxygen atoms in total. The third-order valence-corrected chi connectivity index (χ3v) is 5.28. The second-order valence-corrected chi connectivity index (χ2v) is 7.74. The largest absolute Gasteiger partial charge is 0.508 e. The minimum atomic E-state index is -1.13. The third kappa shape index (κ3) is 4.23. The van der Waals surface area contributed by atoms with Gasteiger partial charge in [0.05, 0.1) is 28.0 Å². The molecule has 0 unspecified atom stereocenters. The topological polar surface area (TPSA) is 96.8 Å². The molecule has 1 amide bonds. The number of amides is 1. The Balaban J connectivity index is 1.77. The number of fused-ring (bicyclic) bond motifs is 1. The van der Waals surface area contributed by atoms with Crippen LogP contribution in [0.1, 0.15) is 15.9 Å². The van der Waals surface area contributed by atoms with Crippen LogP contribution < -0.4 is 5.36 Å². The van der Waals surface area contributed by atoms with E-state index in [4.69, 9.17) is 23.2 Å². The quantitative estimate of drug-likeness (QED) is 0.263. The maximum Gasteiger partial charge on any atom is 0.318 e. The highest BCUT2D eigenvalue weighted by atomic mass is 35.5. The lowest BCUT2D eigenvalue weighted by Gasteiger charge is -2.05. The molecule has 0 spiro atoms. The van der Waals surface area contributed by atoms with Crippen LogP contribution >= 0.6 is 23.2 Å². The number of carbonyl (C=O) groups is 2. The molecule has 0 atom stereocenters. The SMILES string of the molecule is O=C(N=c1c(Cl)cn(O)cc1Cl)C(=O)c1cn(Cc2ccc(F)cc2)c2ccc(O)cc12. The minimum Gasteiger partial charge on any atom is -0.508 e. The van der Waals surface area contributed by atoms with E-state index in [1.165, 1.54) is 30.5 Å². The summed E-state index contributed by atoms with van der Waals surface area (Å²) in [6.45, 7) is 0.299. The second-order valence-electron chi connectivity index (χ2n) is 6.93. The van der Waals surface area contributed by atoms with Gasteiger partial charge in [-0.2, -0.15) is 4.73 Å². The summed E-state index contributed by atoms with van der Waals surface area (Å²) in [5, 5.41) is 19.3. The molecular weight excluding hydrogens is 460 g/mol. The lowest BCUT2D eigenvalue weighted by molar-refractivity contribution is -0.114. The van der Waals surface area contributed by atoms with Crippen molar-refractivity contribution in [1.29, 1.82) is 0 Å². The van der Waals surface area contributed by atoms with E-state index in [1.54, 1.807) is 22.8 Å². The van der Waals surface area contributed by atoms with E-state index < -0.39 is 11.7 Å². The van der Waals surface area contributed by atoms with E-state index in [-0.39, 0.29) is 32.5 Å². The van der Waals surface area contributed by atoms with E-state index in [2.05, 4.69) is 4.99 Å². The molecular formula is C22H14Cl2FN3O4. The number of phenolic OH excluding ortho intramolecular Hbond substituents is 1. The molecule has 4 aromatic rings. The third-order valence-electron chi connectivity index (χ3n) is 4.73. The average Bonchev–Trinajstić information content (AvgIpc) is 3.08. The molecule has 4 rings (SSSR count). The fourth-order valence-corrected chi connectivity index (χ4v) is 3.80.